The van der Waals surface area contributed by atoms with Crippen molar-refractivity contribution in [3.8, 4) is 0 Å². The molecule has 22 atom stereocenters. The van der Waals surface area contributed by atoms with Gasteiger partial charge in [-0.3, -0.25) is 0 Å². The Bertz CT molecular complexity index is 1610. The van der Waals surface area contributed by atoms with Gasteiger partial charge in [0, 0.05) is 10.8 Å². The van der Waals surface area contributed by atoms with Crippen LogP contribution in [0.25, 0.3) is 0 Å². The maximum absolute atomic E-state index is 3.16. The predicted molar refractivity (Wildman–Crippen MR) is 131 cm³/mol. The molecular formula is C36H36. The fraction of sp³-hybridized carbons (Fsp3) is 0.889. The van der Waals surface area contributed by atoms with Crippen molar-refractivity contribution in [2.45, 2.75) is 64.7 Å². The van der Waals surface area contributed by atoms with Gasteiger partial charge in [-0.2, -0.15) is 0 Å². The van der Waals surface area contributed by atoms with Gasteiger partial charge in [0.25, 0.3) is 0 Å². The summed E-state index contributed by atoms with van der Waals surface area (Å²) < 4.78 is 0. The molecule has 0 saturated heterocycles. The Morgan fingerprint density at radius 1 is 0.861 bits per heavy atom. The molecule has 0 aromatic heterocycles. The molecule has 36 heavy (non-hydrogen) atoms. The Morgan fingerprint density at radius 3 is 2.78 bits per heavy atom. The topological polar surface area (TPSA) is 0 Å². The van der Waals surface area contributed by atoms with E-state index in [4.69, 9.17) is 0 Å². The minimum atomic E-state index is 0.728. The van der Waals surface area contributed by atoms with E-state index in [0.717, 1.165) is 85.2 Å². The van der Waals surface area contributed by atoms with Crippen LogP contribution in [0.2, 0.25) is 0 Å². The lowest BCUT2D eigenvalue weighted by atomic mass is 9.17. The molecule has 180 valence electrons. The highest BCUT2D eigenvalue weighted by atomic mass is 15.2. The Balaban J connectivity index is 1.33. The summed E-state index contributed by atoms with van der Waals surface area (Å²) in [6, 6.07) is 0. The van der Waals surface area contributed by atoms with E-state index in [2.05, 4.69) is 29.2 Å². The molecule has 22 unspecified atom stereocenters. The molecule has 16 fully saturated rings. The van der Waals surface area contributed by atoms with Crippen molar-refractivity contribution in [1.29, 1.82) is 0 Å². The van der Waals surface area contributed by atoms with Crippen molar-refractivity contribution in [2.24, 2.45) is 127 Å². The van der Waals surface area contributed by atoms with Crippen LogP contribution < -0.4 is 0 Å². The smallest absolute Gasteiger partial charge is 0.0162 e. The first-order valence-electron chi connectivity index (χ1n) is 17.2. The standard InChI is InChI=1S/C36H36/c1-30-14-3-2-11-6-18-25-17(30)8-19-27-29-31(18,19)10-13(14)24-12-4-5-32(27)21-9-20-26-23-15(33(11,24)29)7-16-22(12)28(23)35(25,34(16,21)26)36(20,30)32/h11-15,17-21,24-27,29H,2-10H2,1H3. The van der Waals surface area contributed by atoms with Crippen LogP contribution in [0.4, 0.5) is 0 Å². The summed E-state index contributed by atoms with van der Waals surface area (Å²) >= 11 is 0. The van der Waals surface area contributed by atoms with Crippen molar-refractivity contribution in [1.82, 2.24) is 0 Å². The second kappa shape index (κ2) is 3.35. The first kappa shape index (κ1) is 15.9. The van der Waals surface area contributed by atoms with E-state index in [-0.39, 0.29) is 0 Å². The summed E-state index contributed by atoms with van der Waals surface area (Å²) in [7, 11) is 0. The molecule has 0 amide bonds. The molecule has 0 heteroatoms. The summed E-state index contributed by atoms with van der Waals surface area (Å²) in [5.74, 6) is 17.4. The van der Waals surface area contributed by atoms with Gasteiger partial charge in [-0.25, -0.2) is 0 Å². The van der Waals surface area contributed by atoms with E-state index in [1.807, 2.05) is 0 Å². The van der Waals surface area contributed by atoms with E-state index in [1.165, 1.54) is 41.4 Å². The van der Waals surface area contributed by atoms with Crippen molar-refractivity contribution < 1.29 is 0 Å². The molecule has 0 aromatic rings. The highest BCUT2D eigenvalue weighted by molar-refractivity contribution is 5.80. The minimum absolute atomic E-state index is 0.728. The molecule has 0 radical (unpaired) electrons. The van der Waals surface area contributed by atoms with E-state index < -0.39 is 0 Å². The van der Waals surface area contributed by atoms with E-state index >= 15 is 0 Å². The highest BCUT2D eigenvalue weighted by Gasteiger charge is 3.13. The third-order valence-electron chi connectivity index (χ3n) is 22.7. The summed E-state index contributed by atoms with van der Waals surface area (Å²) in [6.07, 6.45) is 15.6. The van der Waals surface area contributed by atoms with Crippen LogP contribution in [-0.2, 0) is 0 Å². The van der Waals surface area contributed by atoms with Crippen LogP contribution >= 0.6 is 0 Å². The monoisotopic (exact) mass is 468 g/mol. The number of rotatable bonds is 0. The SMILES string of the molecule is CC12C3CCC4CC5C6C1CC1C7C8C15CC3C1C3CCC75C7CC9C%10C%11=C%12C3=C(CC%11C418)C%107C%126C925. The number of hydrogen-bond donors (Lipinski definition) is 0. The fourth-order valence-electron chi connectivity index (χ4n) is 25.6. The predicted octanol–water partition coefficient (Wildman–Crippen LogP) is 6.49. The van der Waals surface area contributed by atoms with Crippen LogP contribution in [0.5, 0.6) is 0 Å². The first-order chi connectivity index (χ1) is 17.7. The van der Waals surface area contributed by atoms with Gasteiger partial charge in [0.05, 0.1) is 0 Å². The van der Waals surface area contributed by atoms with Gasteiger partial charge in [0.2, 0.25) is 0 Å². The van der Waals surface area contributed by atoms with Gasteiger partial charge >= 0.3 is 0 Å². The molecule has 6 spiro atoms. The largest absolute Gasteiger partial charge is 0.0585 e. The second-order valence-corrected chi connectivity index (χ2v) is 19.5. The zero-order chi connectivity index (χ0) is 21.8. The summed E-state index contributed by atoms with van der Waals surface area (Å²) in [5, 5.41) is 0. The summed E-state index contributed by atoms with van der Waals surface area (Å²) in [5.41, 5.74) is 14.8. The normalized spacial score (nSPS) is 92.4. The molecule has 0 aliphatic heterocycles. The van der Waals surface area contributed by atoms with Gasteiger partial charge in [-0.05, 0) is 185 Å². The zero-order valence-corrected chi connectivity index (χ0v) is 21.5. The van der Waals surface area contributed by atoms with Gasteiger partial charge < -0.3 is 0 Å². The van der Waals surface area contributed by atoms with Crippen molar-refractivity contribution in [2.75, 3.05) is 0 Å². The molecule has 0 N–H and O–H groups in total. The molecule has 16 saturated carbocycles. The maximum atomic E-state index is 3.16. The van der Waals surface area contributed by atoms with Gasteiger partial charge in [0.1, 0.15) is 0 Å². The van der Waals surface area contributed by atoms with E-state index in [0.29, 0.717) is 0 Å². The zero-order valence-electron chi connectivity index (χ0n) is 21.5. The minimum Gasteiger partial charge on any atom is -0.0585 e. The van der Waals surface area contributed by atoms with Crippen LogP contribution in [-0.4, -0.2) is 0 Å². The van der Waals surface area contributed by atoms with Crippen LogP contribution in [0.15, 0.2) is 22.3 Å². The third-order valence-corrected chi connectivity index (χ3v) is 22.7. The average molecular weight is 469 g/mol. The van der Waals surface area contributed by atoms with Crippen LogP contribution in [0.1, 0.15) is 64.7 Å². The number of hydrogen-bond acceptors (Lipinski definition) is 0. The van der Waals surface area contributed by atoms with Crippen molar-refractivity contribution in [3.63, 3.8) is 0 Å². The van der Waals surface area contributed by atoms with Gasteiger partial charge in [-0.1, -0.05) is 18.1 Å². The molecule has 21 rings (SSSR count). The Labute approximate surface area is 213 Å². The van der Waals surface area contributed by atoms with Gasteiger partial charge in [0.15, 0.2) is 0 Å². The molecule has 0 aromatic carbocycles. The molecule has 0 heterocycles. The lowest BCUT2D eigenvalue weighted by molar-refractivity contribution is -0.396. The van der Waals surface area contributed by atoms with Crippen LogP contribution in [0, 0.1) is 127 Å². The Hall–Kier alpha value is -0.520. The lowest BCUT2D eigenvalue weighted by Gasteiger charge is -2.87. The second-order valence-electron chi connectivity index (χ2n) is 19.5. The van der Waals surface area contributed by atoms with Gasteiger partial charge in [-0.15, -0.1) is 0 Å². The molecule has 21 aliphatic carbocycles. The number of allylic oxidation sites excluding steroid dienone is 4. The third kappa shape index (κ3) is 0.695. The molecular weight excluding hydrogens is 432 g/mol. The quantitative estimate of drug-likeness (QED) is 0.381. The van der Waals surface area contributed by atoms with Crippen molar-refractivity contribution in [3.05, 3.63) is 22.3 Å². The molecule has 0 nitrogen and oxygen atoms in total. The van der Waals surface area contributed by atoms with E-state index in [1.54, 1.807) is 57.8 Å². The summed E-state index contributed by atoms with van der Waals surface area (Å²) in [4.78, 5) is 0. The molecule has 21 aliphatic rings. The maximum Gasteiger partial charge on any atom is 0.0162 e. The van der Waals surface area contributed by atoms with Crippen LogP contribution in [0.3, 0.4) is 0 Å². The average Bonchev–Trinajstić information content (AvgIpc) is 3.59. The van der Waals surface area contributed by atoms with E-state index in [9.17, 15) is 0 Å². The summed E-state index contributed by atoms with van der Waals surface area (Å²) in [6.45, 7) is 3.16. The Kier molecular flexibility index (Phi) is 1.48. The fourth-order valence-corrected chi connectivity index (χ4v) is 25.6. The molecule has 23 bridgehead atoms. The Morgan fingerprint density at radius 2 is 1.81 bits per heavy atom. The lowest BCUT2D eigenvalue weighted by Crippen LogP contribution is -2.83. The highest BCUT2D eigenvalue weighted by Crippen LogP contribution is 3.18. The van der Waals surface area contributed by atoms with Crippen molar-refractivity contribution >= 4 is 0 Å². The first-order valence-corrected chi connectivity index (χ1v) is 17.2.